The number of amides is 2. The Morgan fingerprint density at radius 1 is 1.33 bits per heavy atom. The van der Waals surface area contributed by atoms with Gasteiger partial charge in [0, 0.05) is 0 Å². The Hall–Kier alpha value is -1.10. The molecule has 0 spiro atoms. The van der Waals surface area contributed by atoms with Crippen LogP contribution < -0.4 is 0 Å². The van der Waals surface area contributed by atoms with Crippen LogP contribution in [-0.2, 0) is 9.53 Å². The maximum atomic E-state index is 12.3. The predicted molar refractivity (Wildman–Crippen MR) is 66.8 cm³/mol. The molecule has 0 saturated carbocycles. The van der Waals surface area contributed by atoms with Crippen LogP contribution in [0.25, 0.3) is 0 Å². The van der Waals surface area contributed by atoms with E-state index in [0.29, 0.717) is 0 Å². The fraction of sp³-hybridized carbons (Fsp3) is 0.846. The summed E-state index contributed by atoms with van der Waals surface area (Å²) < 4.78 is 4.94. The van der Waals surface area contributed by atoms with Gasteiger partial charge >= 0.3 is 6.09 Å². The molecule has 0 bridgehead atoms. The van der Waals surface area contributed by atoms with Crippen LogP contribution in [0.4, 0.5) is 4.79 Å². The number of carbonyl (C=O) groups is 2. The molecule has 0 unspecified atom stereocenters. The second-order valence-corrected chi connectivity index (χ2v) is 5.62. The van der Waals surface area contributed by atoms with Gasteiger partial charge in [-0.15, -0.1) is 0 Å². The smallest absolute Gasteiger partial charge is 0.416 e. The number of carbonyl (C=O) groups excluding carboxylic acids is 2. The quantitative estimate of drug-likeness (QED) is 0.831. The van der Waals surface area contributed by atoms with Gasteiger partial charge in [-0.1, -0.05) is 34.6 Å². The van der Waals surface area contributed by atoms with Crippen LogP contribution in [0, 0.1) is 17.8 Å². The number of cyclic esters (lactones) is 1. The second kappa shape index (κ2) is 5.69. The molecule has 0 aromatic rings. The molecule has 1 rings (SSSR count). The van der Waals surface area contributed by atoms with Crippen LogP contribution in [0.3, 0.4) is 0 Å². The molecule has 3 atom stereocenters. The SMILES string of the molecule is CC(C)[C@@H](O)[C@@H](C)C(=O)N1C(=O)OC[C@@H]1C(C)C. The minimum absolute atomic E-state index is 0.0277. The van der Waals surface area contributed by atoms with Crippen LogP contribution in [0.5, 0.6) is 0 Å². The highest BCUT2D eigenvalue weighted by Crippen LogP contribution is 2.24. The lowest BCUT2D eigenvalue weighted by Gasteiger charge is -2.28. The summed E-state index contributed by atoms with van der Waals surface area (Å²) in [7, 11) is 0. The number of rotatable bonds is 4. The minimum Gasteiger partial charge on any atom is -0.447 e. The third kappa shape index (κ3) is 2.83. The molecular weight excluding hydrogens is 234 g/mol. The highest BCUT2D eigenvalue weighted by atomic mass is 16.6. The van der Waals surface area contributed by atoms with Gasteiger partial charge in [0.05, 0.1) is 18.1 Å². The molecule has 0 aliphatic carbocycles. The fourth-order valence-corrected chi connectivity index (χ4v) is 2.12. The number of hydrogen-bond donors (Lipinski definition) is 1. The van der Waals surface area contributed by atoms with Crippen molar-refractivity contribution in [1.29, 1.82) is 0 Å². The molecule has 2 amide bonds. The van der Waals surface area contributed by atoms with Crippen LogP contribution >= 0.6 is 0 Å². The Morgan fingerprint density at radius 2 is 1.89 bits per heavy atom. The van der Waals surface area contributed by atoms with Crippen molar-refractivity contribution in [3.05, 3.63) is 0 Å². The summed E-state index contributed by atoms with van der Waals surface area (Å²) in [6, 6.07) is -0.230. The average molecular weight is 257 g/mol. The molecule has 1 heterocycles. The van der Waals surface area contributed by atoms with E-state index in [0.717, 1.165) is 0 Å². The van der Waals surface area contributed by atoms with Gasteiger partial charge in [-0.05, 0) is 11.8 Å². The van der Waals surface area contributed by atoms with Gasteiger partial charge in [-0.25, -0.2) is 9.69 Å². The number of nitrogens with zero attached hydrogens (tertiary/aromatic N) is 1. The first-order chi connectivity index (χ1) is 8.27. The van der Waals surface area contributed by atoms with Gasteiger partial charge in [0.25, 0.3) is 0 Å². The molecular formula is C13H23NO4. The van der Waals surface area contributed by atoms with Crippen molar-refractivity contribution in [3.8, 4) is 0 Å². The molecule has 104 valence electrons. The lowest BCUT2D eigenvalue weighted by Crippen LogP contribution is -2.47. The molecule has 1 fully saturated rings. The summed E-state index contributed by atoms with van der Waals surface area (Å²) >= 11 is 0. The first-order valence-corrected chi connectivity index (χ1v) is 6.45. The van der Waals surface area contributed by atoms with E-state index in [2.05, 4.69) is 0 Å². The Bertz CT molecular complexity index is 327. The Balaban J connectivity index is 2.84. The van der Waals surface area contributed by atoms with E-state index < -0.39 is 18.1 Å². The molecule has 1 aliphatic rings. The van der Waals surface area contributed by atoms with Crippen LogP contribution in [0.15, 0.2) is 0 Å². The van der Waals surface area contributed by atoms with Crippen molar-refractivity contribution < 1.29 is 19.4 Å². The highest BCUT2D eigenvalue weighted by Gasteiger charge is 2.42. The lowest BCUT2D eigenvalue weighted by molar-refractivity contribution is -0.138. The molecule has 5 heteroatoms. The predicted octanol–water partition coefficient (Wildman–Crippen LogP) is 1.64. The second-order valence-electron chi connectivity index (χ2n) is 5.62. The van der Waals surface area contributed by atoms with Crippen molar-refractivity contribution in [2.24, 2.45) is 17.8 Å². The minimum atomic E-state index is -0.751. The molecule has 0 aromatic carbocycles. The molecule has 18 heavy (non-hydrogen) atoms. The number of hydrogen-bond acceptors (Lipinski definition) is 4. The van der Waals surface area contributed by atoms with Crippen molar-refractivity contribution in [3.63, 3.8) is 0 Å². The van der Waals surface area contributed by atoms with Gasteiger partial charge in [0.1, 0.15) is 6.61 Å². The standard InChI is InChI=1S/C13H23NO4/c1-7(2)10-6-18-13(17)14(10)12(16)9(5)11(15)8(3)4/h7-11,15H,6H2,1-5H3/t9-,10-,11-/m1/s1. The summed E-state index contributed by atoms with van der Waals surface area (Å²) in [5.41, 5.74) is 0. The number of aliphatic hydroxyl groups is 1. The van der Waals surface area contributed by atoms with E-state index >= 15 is 0 Å². The van der Waals surface area contributed by atoms with E-state index in [1.165, 1.54) is 4.90 Å². The molecule has 1 N–H and O–H groups in total. The summed E-state index contributed by atoms with van der Waals surface area (Å²) in [4.78, 5) is 25.1. The van der Waals surface area contributed by atoms with E-state index in [-0.39, 0.29) is 30.4 Å². The lowest BCUT2D eigenvalue weighted by atomic mass is 9.92. The average Bonchev–Trinajstić information content (AvgIpc) is 2.68. The number of ether oxygens (including phenoxy) is 1. The van der Waals surface area contributed by atoms with Crippen molar-refractivity contribution in [1.82, 2.24) is 4.90 Å². The summed E-state index contributed by atoms with van der Waals surface area (Å²) in [6.07, 6.45) is -1.35. The van der Waals surface area contributed by atoms with E-state index in [4.69, 9.17) is 4.74 Å². The zero-order valence-corrected chi connectivity index (χ0v) is 11.7. The molecule has 5 nitrogen and oxygen atoms in total. The summed E-state index contributed by atoms with van der Waals surface area (Å²) in [6.45, 7) is 9.46. The van der Waals surface area contributed by atoms with E-state index in [1.54, 1.807) is 6.92 Å². The van der Waals surface area contributed by atoms with Gasteiger partial charge in [0.15, 0.2) is 0 Å². The van der Waals surface area contributed by atoms with Crippen molar-refractivity contribution in [2.45, 2.75) is 46.8 Å². The largest absolute Gasteiger partial charge is 0.447 e. The normalized spacial score (nSPS) is 23.4. The number of aliphatic hydroxyl groups excluding tert-OH is 1. The first kappa shape index (κ1) is 15.0. The van der Waals surface area contributed by atoms with Crippen molar-refractivity contribution >= 4 is 12.0 Å². The molecule has 0 aromatic heterocycles. The number of imide groups is 1. The highest BCUT2D eigenvalue weighted by molar-refractivity contribution is 5.94. The van der Waals surface area contributed by atoms with Crippen LogP contribution in [-0.4, -0.2) is 40.8 Å². The van der Waals surface area contributed by atoms with E-state index in [1.807, 2.05) is 27.7 Å². The zero-order valence-electron chi connectivity index (χ0n) is 11.7. The maximum Gasteiger partial charge on any atom is 0.416 e. The van der Waals surface area contributed by atoms with Crippen molar-refractivity contribution in [2.75, 3.05) is 6.61 Å². The molecule has 1 saturated heterocycles. The van der Waals surface area contributed by atoms with Gasteiger partial charge in [0.2, 0.25) is 5.91 Å². The fourth-order valence-electron chi connectivity index (χ4n) is 2.12. The zero-order chi connectivity index (χ0) is 14.0. The van der Waals surface area contributed by atoms with Gasteiger partial charge in [-0.2, -0.15) is 0 Å². The van der Waals surface area contributed by atoms with Gasteiger partial charge in [-0.3, -0.25) is 4.79 Å². The van der Waals surface area contributed by atoms with Gasteiger partial charge < -0.3 is 9.84 Å². The topological polar surface area (TPSA) is 66.8 Å². The third-order valence-electron chi connectivity index (χ3n) is 3.50. The third-order valence-corrected chi connectivity index (χ3v) is 3.50. The Kier molecular flexibility index (Phi) is 4.73. The summed E-state index contributed by atoms with van der Waals surface area (Å²) in [5, 5.41) is 9.94. The molecule has 1 aliphatic heterocycles. The monoisotopic (exact) mass is 257 g/mol. The molecule has 0 radical (unpaired) electrons. The van der Waals surface area contributed by atoms with Crippen LogP contribution in [0.2, 0.25) is 0 Å². The summed E-state index contributed by atoms with van der Waals surface area (Å²) in [5.74, 6) is -0.835. The maximum absolute atomic E-state index is 12.3. The first-order valence-electron chi connectivity index (χ1n) is 6.45. The Labute approximate surface area is 108 Å². The van der Waals surface area contributed by atoms with E-state index in [9.17, 15) is 14.7 Å². The Morgan fingerprint density at radius 3 is 2.33 bits per heavy atom. The van der Waals surface area contributed by atoms with Crippen LogP contribution in [0.1, 0.15) is 34.6 Å².